The monoisotopic (exact) mass is 256 g/mol. The molecule has 0 atom stereocenters. The van der Waals surface area contributed by atoms with Crippen molar-refractivity contribution in [3.8, 4) is 8.15 Å². The summed E-state index contributed by atoms with van der Waals surface area (Å²) >= 11 is -2.11. The minimum atomic E-state index is -2.11. The van der Waals surface area contributed by atoms with Crippen molar-refractivity contribution in [3.05, 3.63) is 33.9 Å². The van der Waals surface area contributed by atoms with E-state index in [2.05, 4.69) is 8.15 Å². The molecule has 1 aromatic rings. The van der Waals surface area contributed by atoms with Gasteiger partial charge in [-0.25, -0.2) is 0 Å². The first-order valence-corrected chi connectivity index (χ1v) is 6.16. The Kier molecular flexibility index (Phi) is 2.88. The molecule has 1 aromatic carbocycles. The van der Waals surface area contributed by atoms with Gasteiger partial charge >= 0.3 is 72.4 Å². The van der Waals surface area contributed by atoms with E-state index in [1.54, 1.807) is 0 Å². The number of rotatable bonds is 1. The molecular formula is C8H5IN2. The quantitative estimate of drug-likeness (QED) is 0.724. The molecule has 54 valence electrons. The summed E-state index contributed by atoms with van der Waals surface area (Å²) in [6.07, 6.45) is 0. The third-order valence-corrected chi connectivity index (χ3v) is 4.05. The average Bonchev–Trinajstić information content (AvgIpc) is 2.09. The van der Waals surface area contributed by atoms with Gasteiger partial charge in [-0.05, 0) is 0 Å². The van der Waals surface area contributed by atoms with Gasteiger partial charge < -0.3 is 0 Å². The number of hydrogen-bond acceptors (Lipinski definition) is 2. The minimum absolute atomic E-state index is 0.918. The van der Waals surface area contributed by atoms with E-state index in [1.807, 2.05) is 30.3 Å². The van der Waals surface area contributed by atoms with E-state index in [9.17, 15) is 0 Å². The molecule has 11 heavy (non-hydrogen) atoms. The summed E-state index contributed by atoms with van der Waals surface area (Å²) in [4.78, 5) is 0. The zero-order valence-electron chi connectivity index (χ0n) is 5.66. The third-order valence-electron chi connectivity index (χ3n) is 1.12. The molecular weight excluding hydrogens is 251 g/mol. The van der Waals surface area contributed by atoms with E-state index in [0.717, 1.165) is 3.57 Å². The van der Waals surface area contributed by atoms with Crippen LogP contribution >= 0.6 is 19.8 Å². The third kappa shape index (κ3) is 1.92. The number of halogens is 1. The number of nitriles is 2. The molecule has 0 N–H and O–H groups in total. The SMILES string of the molecule is N#CI(C#N)c1ccccc1. The predicted molar refractivity (Wildman–Crippen MR) is 50.4 cm³/mol. The van der Waals surface area contributed by atoms with Gasteiger partial charge in [0.15, 0.2) is 0 Å². The predicted octanol–water partition coefficient (Wildman–Crippen LogP) is 2.32. The summed E-state index contributed by atoms with van der Waals surface area (Å²) in [6, 6.07) is 9.28. The fourth-order valence-corrected chi connectivity index (χ4v) is 2.46. The van der Waals surface area contributed by atoms with Crippen LogP contribution in [0.4, 0.5) is 0 Å². The first-order chi connectivity index (χ1) is 5.38. The molecule has 0 radical (unpaired) electrons. The first kappa shape index (κ1) is 8.03. The maximum atomic E-state index is 8.58. The van der Waals surface area contributed by atoms with E-state index >= 15 is 0 Å². The van der Waals surface area contributed by atoms with Crippen molar-refractivity contribution in [2.75, 3.05) is 0 Å². The van der Waals surface area contributed by atoms with Crippen molar-refractivity contribution in [1.82, 2.24) is 0 Å². The number of nitrogens with zero attached hydrogens (tertiary/aromatic N) is 2. The second-order valence-corrected chi connectivity index (χ2v) is 5.58. The molecule has 0 spiro atoms. The Hall–Kier alpha value is -1.07. The Morgan fingerprint density at radius 3 is 2.00 bits per heavy atom. The van der Waals surface area contributed by atoms with Crippen LogP contribution in [-0.4, -0.2) is 0 Å². The van der Waals surface area contributed by atoms with Gasteiger partial charge in [-0.1, -0.05) is 0 Å². The van der Waals surface area contributed by atoms with Crippen LogP contribution in [0.15, 0.2) is 30.3 Å². The van der Waals surface area contributed by atoms with Gasteiger partial charge in [0.05, 0.1) is 0 Å². The molecule has 0 saturated heterocycles. The molecule has 0 aliphatic heterocycles. The number of hydrogen-bond donors (Lipinski definition) is 0. The fourth-order valence-electron chi connectivity index (χ4n) is 0.657. The summed E-state index contributed by atoms with van der Waals surface area (Å²) in [7, 11) is 0. The van der Waals surface area contributed by atoms with E-state index in [1.165, 1.54) is 0 Å². The Morgan fingerprint density at radius 2 is 1.55 bits per heavy atom. The van der Waals surface area contributed by atoms with E-state index in [4.69, 9.17) is 10.5 Å². The molecule has 1 rings (SSSR count). The summed E-state index contributed by atoms with van der Waals surface area (Å²) in [6.45, 7) is 0. The molecule has 3 heteroatoms. The Balaban J connectivity index is 2.96. The molecule has 0 saturated carbocycles. The van der Waals surface area contributed by atoms with E-state index in [-0.39, 0.29) is 0 Å². The van der Waals surface area contributed by atoms with Crippen molar-refractivity contribution in [2.24, 2.45) is 0 Å². The molecule has 0 aromatic heterocycles. The Morgan fingerprint density at radius 1 is 1.00 bits per heavy atom. The van der Waals surface area contributed by atoms with Crippen molar-refractivity contribution in [1.29, 1.82) is 10.5 Å². The summed E-state index contributed by atoms with van der Waals surface area (Å²) in [5.41, 5.74) is 0. The maximum absolute atomic E-state index is 8.58. The number of benzene rings is 1. The molecule has 0 aliphatic rings. The van der Waals surface area contributed by atoms with E-state index in [0.29, 0.717) is 0 Å². The summed E-state index contributed by atoms with van der Waals surface area (Å²) in [5, 5.41) is 17.2. The Labute approximate surface area is 72.5 Å². The molecule has 0 fully saturated rings. The molecule has 0 amide bonds. The van der Waals surface area contributed by atoms with E-state index < -0.39 is 19.8 Å². The van der Waals surface area contributed by atoms with Gasteiger partial charge in [0.25, 0.3) is 0 Å². The van der Waals surface area contributed by atoms with Crippen molar-refractivity contribution in [3.63, 3.8) is 0 Å². The van der Waals surface area contributed by atoms with Crippen molar-refractivity contribution < 1.29 is 0 Å². The van der Waals surface area contributed by atoms with Gasteiger partial charge in [-0.3, -0.25) is 0 Å². The zero-order chi connectivity index (χ0) is 8.10. The van der Waals surface area contributed by atoms with Crippen molar-refractivity contribution >= 4 is 19.8 Å². The van der Waals surface area contributed by atoms with Crippen LogP contribution in [-0.2, 0) is 0 Å². The Bertz CT molecular complexity index is 293. The van der Waals surface area contributed by atoms with Crippen LogP contribution in [0.1, 0.15) is 0 Å². The van der Waals surface area contributed by atoms with Crippen LogP contribution in [0.25, 0.3) is 0 Å². The van der Waals surface area contributed by atoms with Crippen LogP contribution in [0.2, 0.25) is 0 Å². The van der Waals surface area contributed by atoms with Gasteiger partial charge in [-0.2, -0.15) is 0 Å². The molecule has 0 bridgehead atoms. The van der Waals surface area contributed by atoms with Crippen molar-refractivity contribution in [2.45, 2.75) is 0 Å². The van der Waals surface area contributed by atoms with Crippen LogP contribution in [0.5, 0.6) is 0 Å². The molecule has 0 aliphatic carbocycles. The summed E-state index contributed by atoms with van der Waals surface area (Å²) in [5.74, 6) is 0. The van der Waals surface area contributed by atoms with Gasteiger partial charge in [-0.15, -0.1) is 0 Å². The summed E-state index contributed by atoms with van der Waals surface area (Å²) < 4.78 is 5.05. The van der Waals surface area contributed by atoms with Crippen LogP contribution in [0.3, 0.4) is 0 Å². The zero-order valence-corrected chi connectivity index (χ0v) is 7.82. The first-order valence-electron chi connectivity index (χ1n) is 2.92. The second kappa shape index (κ2) is 3.95. The van der Waals surface area contributed by atoms with Crippen LogP contribution in [0, 0.1) is 22.2 Å². The van der Waals surface area contributed by atoms with Gasteiger partial charge in [0.1, 0.15) is 0 Å². The molecule has 0 heterocycles. The average molecular weight is 256 g/mol. The van der Waals surface area contributed by atoms with Gasteiger partial charge in [0, 0.05) is 0 Å². The topological polar surface area (TPSA) is 47.6 Å². The van der Waals surface area contributed by atoms with Crippen LogP contribution < -0.4 is 0 Å². The molecule has 0 unspecified atom stereocenters. The fraction of sp³-hybridized carbons (Fsp3) is 0. The van der Waals surface area contributed by atoms with Gasteiger partial charge in [0.2, 0.25) is 0 Å². The second-order valence-electron chi connectivity index (χ2n) is 1.75. The molecule has 2 nitrogen and oxygen atoms in total. The normalized spacial score (nSPS) is 9.45. The standard InChI is InChI=1S/C8H5IN2/c10-6-9(7-11)8-4-2-1-3-5-8/h1-5H.